The van der Waals surface area contributed by atoms with Crippen molar-refractivity contribution in [3.63, 3.8) is 0 Å². The number of hydrogen-bond acceptors (Lipinski definition) is 4. The van der Waals surface area contributed by atoms with Gasteiger partial charge in [-0.1, -0.05) is 48.0 Å². The van der Waals surface area contributed by atoms with Crippen LogP contribution in [0.4, 0.5) is 5.82 Å². The lowest BCUT2D eigenvalue weighted by atomic mass is 10.0. The quantitative estimate of drug-likeness (QED) is 0.527. The minimum atomic E-state index is 0.124. The average molecular weight is 354 g/mol. The zero-order chi connectivity index (χ0) is 18.8. The lowest BCUT2D eigenvalue weighted by Gasteiger charge is -2.18. The molecule has 0 aliphatic heterocycles. The normalized spacial score (nSPS) is 12.1. The summed E-state index contributed by atoms with van der Waals surface area (Å²) in [5.41, 5.74) is 5.35. The van der Waals surface area contributed by atoms with E-state index in [1.165, 1.54) is 11.1 Å². The number of hydrogen-bond donors (Lipinski definition) is 1. The van der Waals surface area contributed by atoms with E-state index < -0.39 is 0 Å². The Hall–Kier alpha value is -3.27. The highest BCUT2D eigenvalue weighted by molar-refractivity contribution is 6.01. The predicted molar refractivity (Wildman–Crippen MR) is 111 cm³/mol. The van der Waals surface area contributed by atoms with E-state index in [1.807, 2.05) is 43.5 Å². The number of aryl methyl sites for hydroxylation is 2. The highest BCUT2D eigenvalue weighted by atomic mass is 15.0. The van der Waals surface area contributed by atoms with Crippen LogP contribution in [0.3, 0.4) is 0 Å². The van der Waals surface area contributed by atoms with Crippen LogP contribution in [0.2, 0.25) is 0 Å². The predicted octanol–water partition coefficient (Wildman–Crippen LogP) is 5.48. The molecule has 0 aliphatic rings. The Labute approximate surface area is 159 Å². The SMILES string of the molecule is Cc1cccc(C(C)Nc2nc(C)nc3cccc(-c4ccccn4)c23)c1. The molecular formula is C23H22N4. The molecule has 0 saturated carbocycles. The van der Waals surface area contributed by atoms with Gasteiger partial charge in [-0.2, -0.15) is 0 Å². The fourth-order valence-corrected chi connectivity index (χ4v) is 3.37. The molecule has 1 unspecified atom stereocenters. The highest BCUT2D eigenvalue weighted by Crippen LogP contribution is 2.33. The third-order valence-corrected chi connectivity index (χ3v) is 4.67. The number of anilines is 1. The van der Waals surface area contributed by atoms with Crippen LogP contribution in [0.25, 0.3) is 22.2 Å². The minimum Gasteiger partial charge on any atom is -0.363 e. The van der Waals surface area contributed by atoms with Crippen molar-refractivity contribution in [1.29, 1.82) is 0 Å². The summed E-state index contributed by atoms with van der Waals surface area (Å²) in [7, 11) is 0. The molecule has 2 heterocycles. The fraction of sp³-hybridized carbons (Fsp3) is 0.174. The first-order valence-electron chi connectivity index (χ1n) is 9.13. The van der Waals surface area contributed by atoms with Crippen LogP contribution in [0.1, 0.15) is 29.9 Å². The lowest BCUT2D eigenvalue weighted by molar-refractivity contribution is 0.870. The number of rotatable bonds is 4. The number of nitrogens with one attached hydrogen (secondary N) is 1. The molecule has 4 aromatic rings. The standard InChI is InChI=1S/C23H22N4/c1-15-8-6-9-18(14-15)16(2)25-23-22-19(20-11-4-5-13-24-20)10-7-12-21(22)26-17(3)27-23/h4-14,16H,1-3H3,(H,25,26,27). The largest absolute Gasteiger partial charge is 0.363 e. The van der Waals surface area contributed by atoms with E-state index in [-0.39, 0.29) is 6.04 Å². The van der Waals surface area contributed by atoms with Crippen molar-refractivity contribution in [3.05, 3.63) is 83.8 Å². The van der Waals surface area contributed by atoms with Crippen LogP contribution in [0.15, 0.2) is 66.9 Å². The molecule has 1 N–H and O–H groups in total. The molecule has 0 radical (unpaired) electrons. The molecule has 0 saturated heterocycles. The van der Waals surface area contributed by atoms with Crippen molar-refractivity contribution in [2.45, 2.75) is 26.8 Å². The fourth-order valence-electron chi connectivity index (χ4n) is 3.37. The van der Waals surface area contributed by atoms with Crippen molar-refractivity contribution >= 4 is 16.7 Å². The Morgan fingerprint density at radius 3 is 2.52 bits per heavy atom. The Morgan fingerprint density at radius 1 is 0.889 bits per heavy atom. The second kappa shape index (κ2) is 7.16. The molecule has 0 spiro atoms. The molecule has 27 heavy (non-hydrogen) atoms. The second-order valence-electron chi connectivity index (χ2n) is 6.81. The monoisotopic (exact) mass is 354 g/mol. The van der Waals surface area contributed by atoms with Gasteiger partial charge >= 0.3 is 0 Å². The number of pyridine rings is 1. The molecule has 4 rings (SSSR count). The maximum absolute atomic E-state index is 4.73. The van der Waals surface area contributed by atoms with E-state index >= 15 is 0 Å². The third-order valence-electron chi connectivity index (χ3n) is 4.67. The van der Waals surface area contributed by atoms with E-state index in [4.69, 9.17) is 4.98 Å². The Balaban J connectivity index is 1.84. The summed E-state index contributed by atoms with van der Waals surface area (Å²) in [6, 6.07) is 20.7. The molecule has 0 bridgehead atoms. The van der Waals surface area contributed by atoms with Gasteiger partial charge in [-0.05, 0) is 44.5 Å². The smallest absolute Gasteiger partial charge is 0.138 e. The van der Waals surface area contributed by atoms with Crippen LogP contribution in [-0.2, 0) is 0 Å². The van der Waals surface area contributed by atoms with Gasteiger partial charge in [0.1, 0.15) is 11.6 Å². The summed E-state index contributed by atoms with van der Waals surface area (Å²) in [6.07, 6.45) is 1.81. The van der Waals surface area contributed by atoms with Crippen LogP contribution in [0, 0.1) is 13.8 Å². The van der Waals surface area contributed by atoms with E-state index in [0.29, 0.717) is 0 Å². The molecule has 1 atom stereocenters. The summed E-state index contributed by atoms with van der Waals surface area (Å²) in [6.45, 7) is 6.19. The maximum atomic E-state index is 4.73. The number of aromatic nitrogens is 3. The summed E-state index contributed by atoms with van der Waals surface area (Å²) < 4.78 is 0. The van der Waals surface area contributed by atoms with Gasteiger partial charge in [-0.25, -0.2) is 9.97 Å². The first kappa shape index (κ1) is 17.2. The van der Waals surface area contributed by atoms with Gasteiger partial charge in [0.15, 0.2) is 0 Å². The van der Waals surface area contributed by atoms with Gasteiger partial charge in [-0.3, -0.25) is 4.98 Å². The van der Waals surface area contributed by atoms with Crippen LogP contribution in [-0.4, -0.2) is 15.0 Å². The zero-order valence-corrected chi connectivity index (χ0v) is 15.8. The van der Waals surface area contributed by atoms with Crippen molar-refractivity contribution < 1.29 is 0 Å². The molecule has 2 aromatic heterocycles. The molecule has 0 aliphatic carbocycles. The van der Waals surface area contributed by atoms with E-state index in [0.717, 1.165) is 33.8 Å². The lowest BCUT2D eigenvalue weighted by Crippen LogP contribution is -2.10. The first-order chi connectivity index (χ1) is 13.1. The van der Waals surface area contributed by atoms with Crippen LogP contribution >= 0.6 is 0 Å². The number of fused-ring (bicyclic) bond motifs is 1. The van der Waals surface area contributed by atoms with Crippen molar-refractivity contribution in [2.75, 3.05) is 5.32 Å². The zero-order valence-electron chi connectivity index (χ0n) is 15.8. The first-order valence-corrected chi connectivity index (χ1v) is 9.13. The molecule has 4 heteroatoms. The third kappa shape index (κ3) is 3.51. The summed E-state index contributed by atoms with van der Waals surface area (Å²) in [4.78, 5) is 13.9. The van der Waals surface area contributed by atoms with Gasteiger partial charge in [0.05, 0.1) is 16.6 Å². The number of benzene rings is 2. The minimum absolute atomic E-state index is 0.124. The Bertz CT molecular complexity index is 1090. The van der Waals surface area contributed by atoms with E-state index in [2.05, 4.69) is 59.5 Å². The maximum Gasteiger partial charge on any atom is 0.138 e. The molecular weight excluding hydrogens is 332 g/mol. The van der Waals surface area contributed by atoms with Crippen molar-refractivity contribution in [3.8, 4) is 11.3 Å². The van der Waals surface area contributed by atoms with E-state index in [1.54, 1.807) is 0 Å². The summed E-state index contributed by atoms with van der Waals surface area (Å²) in [5, 5.41) is 4.60. The van der Waals surface area contributed by atoms with Crippen LogP contribution < -0.4 is 5.32 Å². The highest BCUT2D eigenvalue weighted by Gasteiger charge is 2.15. The molecule has 0 amide bonds. The summed E-state index contributed by atoms with van der Waals surface area (Å²) in [5.74, 6) is 1.59. The van der Waals surface area contributed by atoms with Gasteiger partial charge < -0.3 is 5.32 Å². The summed E-state index contributed by atoms with van der Waals surface area (Å²) >= 11 is 0. The van der Waals surface area contributed by atoms with E-state index in [9.17, 15) is 0 Å². The molecule has 4 nitrogen and oxygen atoms in total. The Kier molecular flexibility index (Phi) is 4.55. The Morgan fingerprint density at radius 2 is 1.74 bits per heavy atom. The van der Waals surface area contributed by atoms with Crippen molar-refractivity contribution in [2.24, 2.45) is 0 Å². The molecule has 2 aromatic carbocycles. The van der Waals surface area contributed by atoms with Gasteiger partial charge in [0, 0.05) is 17.8 Å². The van der Waals surface area contributed by atoms with Gasteiger partial charge in [0.2, 0.25) is 0 Å². The second-order valence-corrected chi connectivity index (χ2v) is 6.81. The van der Waals surface area contributed by atoms with Gasteiger partial charge in [0.25, 0.3) is 0 Å². The van der Waals surface area contributed by atoms with Crippen molar-refractivity contribution in [1.82, 2.24) is 15.0 Å². The topological polar surface area (TPSA) is 50.7 Å². The van der Waals surface area contributed by atoms with Gasteiger partial charge in [-0.15, -0.1) is 0 Å². The molecule has 0 fully saturated rings. The number of nitrogens with zero attached hydrogens (tertiary/aromatic N) is 3. The van der Waals surface area contributed by atoms with Crippen LogP contribution in [0.5, 0.6) is 0 Å². The average Bonchev–Trinajstić information content (AvgIpc) is 2.68. The molecule has 134 valence electrons.